The van der Waals surface area contributed by atoms with Crippen LogP contribution in [0.4, 0.5) is 11.6 Å². The van der Waals surface area contributed by atoms with E-state index < -0.39 is 0 Å². The lowest BCUT2D eigenvalue weighted by molar-refractivity contribution is 0.383. The van der Waals surface area contributed by atoms with Crippen molar-refractivity contribution in [2.45, 2.75) is 6.17 Å². The van der Waals surface area contributed by atoms with Gasteiger partial charge in [0.25, 0.3) is 0 Å². The van der Waals surface area contributed by atoms with Gasteiger partial charge in [0.15, 0.2) is 22.8 Å². The summed E-state index contributed by atoms with van der Waals surface area (Å²) in [7, 11) is 1.84. The lowest BCUT2D eigenvalue weighted by atomic mass is 10.3. The van der Waals surface area contributed by atoms with Crippen LogP contribution < -0.4 is 11.5 Å². The topological polar surface area (TPSA) is 129 Å². The van der Waals surface area contributed by atoms with E-state index in [2.05, 4.69) is 24.9 Å². The van der Waals surface area contributed by atoms with Crippen molar-refractivity contribution in [1.82, 2.24) is 34.2 Å². The molecule has 1 aliphatic heterocycles. The molecule has 0 bridgehead atoms. The van der Waals surface area contributed by atoms with Crippen LogP contribution in [0.2, 0.25) is 0 Å². The third-order valence-electron chi connectivity index (χ3n) is 3.41. The first-order valence-corrected chi connectivity index (χ1v) is 6.20. The van der Waals surface area contributed by atoms with Gasteiger partial charge in [0.2, 0.25) is 0 Å². The summed E-state index contributed by atoms with van der Waals surface area (Å²) in [5, 5.41) is 0. The molecule has 3 aromatic rings. The van der Waals surface area contributed by atoms with Crippen LogP contribution in [0.15, 0.2) is 24.0 Å². The highest BCUT2D eigenvalue weighted by Gasteiger charge is 2.24. The first-order chi connectivity index (χ1) is 10.2. The number of aromatic nitrogens is 6. The monoisotopic (exact) mass is 284 g/mol. The molecule has 1 atom stereocenters. The maximum atomic E-state index is 6.08. The number of rotatable bonds is 1. The summed E-state index contributed by atoms with van der Waals surface area (Å²) in [6.07, 6.45) is 5.93. The molecule has 0 saturated carbocycles. The van der Waals surface area contributed by atoms with Gasteiger partial charge < -0.3 is 16.4 Å². The van der Waals surface area contributed by atoms with E-state index in [-0.39, 0.29) is 6.17 Å². The first kappa shape index (κ1) is 11.8. The molecule has 0 aliphatic carbocycles. The molecule has 4 heterocycles. The van der Waals surface area contributed by atoms with Crippen LogP contribution in [-0.2, 0) is 0 Å². The highest BCUT2D eigenvalue weighted by atomic mass is 15.5. The highest BCUT2D eigenvalue weighted by Crippen LogP contribution is 2.29. The third-order valence-corrected chi connectivity index (χ3v) is 3.41. The fourth-order valence-corrected chi connectivity index (χ4v) is 2.25. The molecule has 10 heteroatoms. The van der Waals surface area contributed by atoms with Crippen LogP contribution in [0.25, 0.3) is 11.2 Å². The number of imidazole rings is 2. The SMILES string of the molecule is CN1C=Nc2c(ncn2-n2cnc3c(N)ncnc32)C1N. The molecule has 0 amide bonds. The van der Waals surface area contributed by atoms with Crippen molar-refractivity contribution in [2.75, 3.05) is 12.8 Å². The van der Waals surface area contributed by atoms with E-state index in [0.29, 0.717) is 28.5 Å². The number of anilines is 1. The first-order valence-electron chi connectivity index (χ1n) is 6.20. The molecule has 0 fully saturated rings. The van der Waals surface area contributed by atoms with Crippen molar-refractivity contribution in [3.05, 3.63) is 24.7 Å². The van der Waals surface area contributed by atoms with Crippen molar-refractivity contribution in [2.24, 2.45) is 10.7 Å². The second kappa shape index (κ2) is 3.99. The van der Waals surface area contributed by atoms with E-state index in [1.54, 1.807) is 33.2 Å². The predicted octanol–water partition coefficient (Wildman–Crippen LogP) is -0.521. The minimum atomic E-state index is -0.340. The third kappa shape index (κ3) is 1.53. The second-order valence-corrected chi connectivity index (χ2v) is 4.67. The molecule has 10 nitrogen and oxygen atoms in total. The number of hydrogen-bond acceptors (Lipinski definition) is 8. The largest absolute Gasteiger partial charge is 0.382 e. The second-order valence-electron chi connectivity index (χ2n) is 4.67. The van der Waals surface area contributed by atoms with Crippen molar-refractivity contribution in [3.63, 3.8) is 0 Å². The Bertz CT molecular complexity index is 859. The quantitative estimate of drug-likeness (QED) is 0.615. The Balaban J connectivity index is 1.95. The van der Waals surface area contributed by atoms with Crippen LogP contribution >= 0.6 is 0 Å². The molecule has 4 N–H and O–H groups in total. The van der Waals surface area contributed by atoms with Gasteiger partial charge in [-0.25, -0.2) is 34.3 Å². The average molecular weight is 284 g/mol. The summed E-state index contributed by atoms with van der Waals surface area (Å²) < 4.78 is 3.43. The van der Waals surface area contributed by atoms with E-state index in [9.17, 15) is 0 Å². The summed E-state index contributed by atoms with van der Waals surface area (Å²) in [5.74, 6) is 0.963. The van der Waals surface area contributed by atoms with E-state index in [1.807, 2.05) is 7.05 Å². The minimum absolute atomic E-state index is 0.327. The summed E-state index contributed by atoms with van der Waals surface area (Å²) in [5.41, 5.74) is 13.7. The maximum Gasteiger partial charge on any atom is 0.185 e. The zero-order valence-corrected chi connectivity index (χ0v) is 11.1. The van der Waals surface area contributed by atoms with Gasteiger partial charge in [-0.05, 0) is 0 Å². The molecule has 3 aromatic heterocycles. The molecular formula is C11H12N10. The minimum Gasteiger partial charge on any atom is -0.382 e. The molecule has 0 radical (unpaired) electrons. The van der Waals surface area contributed by atoms with Gasteiger partial charge in [0, 0.05) is 7.05 Å². The van der Waals surface area contributed by atoms with Gasteiger partial charge in [-0.3, -0.25) is 0 Å². The Kier molecular flexibility index (Phi) is 2.24. The molecule has 0 spiro atoms. The fourth-order valence-electron chi connectivity index (χ4n) is 2.25. The number of nitrogens with zero attached hydrogens (tertiary/aromatic N) is 8. The van der Waals surface area contributed by atoms with E-state index in [0.717, 1.165) is 0 Å². The summed E-state index contributed by atoms with van der Waals surface area (Å²) in [4.78, 5) is 22.8. The Morgan fingerprint density at radius 2 is 1.90 bits per heavy atom. The zero-order chi connectivity index (χ0) is 14.6. The molecule has 21 heavy (non-hydrogen) atoms. The number of nitrogens with two attached hydrogens (primary N) is 2. The average Bonchev–Trinajstić information content (AvgIpc) is 3.07. The standard InChI is InChI=1S/C11H12N10/c1-19-3-18-11-7(9(19)13)17-5-21(11)20-4-16-6-8(12)14-2-15-10(6)20/h2-5,9H,13H2,1H3,(H2,12,14,15). The lowest BCUT2D eigenvalue weighted by Gasteiger charge is -2.24. The number of aliphatic imine (C=N–C) groups is 1. The highest BCUT2D eigenvalue weighted by molar-refractivity contribution is 5.81. The molecule has 0 aromatic carbocycles. The van der Waals surface area contributed by atoms with Crippen molar-refractivity contribution in [1.29, 1.82) is 0 Å². The molecule has 1 unspecified atom stereocenters. The van der Waals surface area contributed by atoms with E-state index in [1.165, 1.54) is 6.33 Å². The molecule has 4 rings (SSSR count). The van der Waals surface area contributed by atoms with Gasteiger partial charge in [-0.15, -0.1) is 0 Å². The molecular weight excluding hydrogens is 272 g/mol. The van der Waals surface area contributed by atoms with Crippen molar-refractivity contribution < 1.29 is 0 Å². The van der Waals surface area contributed by atoms with Crippen LogP contribution in [0, 0.1) is 0 Å². The maximum absolute atomic E-state index is 6.08. The van der Waals surface area contributed by atoms with Gasteiger partial charge >= 0.3 is 0 Å². The Morgan fingerprint density at radius 1 is 1.10 bits per heavy atom. The number of fused-ring (bicyclic) bond motifs is 2. The fraction of sp³-hybridized carbons (Fsp3) is 0.182. The van der Waals surface area contributed by atoms with Gasteiger partial charge in [-0.1, -0.05) is 0 Å². The Hall–Kier alpha value is -3.01. The van der Waals surface area contributed by atoms with Crippen LogP contribution in [0.1, 0.15) is 11.9 Å². The van der Waals surface area contributed by atoms with Gasteiger partial charge in [-0.2, -0.15) is 0 Å². The normalized spacial score (nSPS) is 17.4. The van der Waals surface area contributed by atoms with Crippen LogP contribution in [0.5, 0.6) is 0 Å². The van der Waals surface area contributed by atoms with Gasteiger partial charge in [0.1, 0.15) is 30.8 Å². The van der Waals surface area contributed by atoms with Crippen molar-refractivity contribution >= 4 is 29.1 Å². The Labute approximate surface area is 118 Å². The smallest absolute Gasteiger partial charge is 0.185 e. The van der Waals surface area contributed by atoms with E-state index >= 15 is 0 Å². The molecule has 0 saturated heterocycles. The lowest BCUT2D eigenvalue weighted by Crippen LogP contribution is -2.32. The Morgan fingerprint density at radius 3 is 2.76 bits per heavy atom. The van der Waals surface area contributed by atoms with E-state index in [4.69, 9.17) is 11.5 Å². The number of nitrogen functional groups attached to an aromatic ring is 1. The van der Waals surface area contributed by atoms with Crippen molar-refractivity contribution in [3.8, 4) is 0 Å². The summed E-state index contributed by atoms with van der Waals surface area (Å²) in [6, 6.07) is 0. The van der Waals surface area contributed by atoms with Crippen LogP contribution in [0.3, 0.4) is 0 Å². The summed E-state index contributed by atoms with van der Waals surface area (Å²) >= 11 is 0. The molecule has 1 aliphatic rings. The molecule has 106 valence electrons. The summed E-state index contributed by atoms with van der Waals surface area (Å²) in [6.45, 7) is 0. The predicted molar refractivity (Wildman–Crippen MR) is 75.6 cm³/mol. The zero-order valence-electron chi connectivity index (χ0n) is 11.1. The number of hydrogen-bond donors (Lipinski definition) is 2. The van der Waals surface area contributed by atoms with Gasteiger partial charge in [0.05, 0.1) is 6.34 Å². The van der Waals surface area contributed by atoms with Crippen LogP contribution in [-0.4, -0.2) is 47.6 Å².